The van der Waals surface area contributed by atoms with Gasteiger partial charge in [0.25, 0.3) is 0 Å². The molecule has 7 nitrogen and oxygen atoms in total. The third-order valence-electron chi connectivity index (χ3n) is 3.37. The van der Waals surface area contributed by atoms with Crippen LogP contribution < -0.4 is 16.0 Å². The van der Waals surface area contributed by atoms with Crippen LogP contribution in [0, 0.1) is 0 Å². The lowest BCUT2D eigenvalue weighted by Crippen LogP contribution is -2.29. The third kappa shape index (κ3) is 4.03. The van der Waals surface area contributed by atoms with Gasteiger partial charge >= 0.3 is 0 Å². The van der Waals surface area contributed by atoms with Crippen molar-refractivity contribution >= 4 is 5.82 Å². The Labute approximate surface area is 118 Å². The van der Waals surface area contributed by atoms with Crippen molar-refractivity contribution in [1.82, 2.24) is 9.97 Å². The summed E-state index contributed by atoms with van der Waals surface area (Å²) in [5.41, 5.74) is 2.51. The Morgan fingerprint density at radius 2 is 2.10 bits per heavy atom. The summed E-state index contributed by atoms with van der Waals surface area (Å²) in [7, 11) is 3.33. The molecule has 2 atom stereocenters. The molecule has 7 heteroatoms. The van der Waals surface area contributed by atoms with E-state index < -0.39 is 0 Å². The van der Waals surface area contributed by atoms with E-state index in [9.17, 15) is 0 Å². The number of nitrogens with zero attached hydrogens (tertiary/aromatic N) is 2. The number of ether oxygens (including phenoxy) is 3. The summed E-state index contributed by atoms with van der Waals surface area (Å²) in [6.45, 7) is 0.317. The molecular weight excluding hydrogens is 260 g/mol. The van der Waals surface area contributed by atoms with Crippen molar-refractivity contribution in [2.24, 2.45) is 5.84 Å². The van der Waals surface area contributed by atoms with Gasteiger partial charge < -0.3 is 19.6 Å². The zero-order valence-corrected chi connectivity index (χ0v) is 12.0. The van der Waals surface area contributed by atoms with Gasteiger partial charge in [0.1, 0.15) is 18.5 Å². The molecule has 1 fully saturated rings. The zero-order valence-electron chi connectivity index (χ0n) is 12.0. The molecule has 0 bridgehead atoms. The van der Waals surface area contributed by atoms with Gasteiger partial charge in [-0.05, 0) is 19.3 Å². The van der Waals surface area contributed by atoms with E-state index in [1.54, 1.807) is 20.3 Å². The maximum Gasteiger partial charge on any atom is 0.219 e. The fourth-order valence-electron chi connectivity index (χ4n) is 2.39. The van der Waals surface area contributed by atoms with Crippen molar-refractivity contribution in [3.63, 3.8) is 0 Å². The summed E-state index contributed by atoms with van der Waals surface area (Å²) in [6, 6.07) is 1.69. The number of rotatable bonds is 6. The van der Waals surface area contributed by atoms with Crippen LogP contribution in [0.15, 0.2) is 6.07 Å². The quantitative estimate of drug-likeness (QED) is 0.599. The van der Waals surface area contributed by atoms with Crippen molar-refractivity contribution in [2.45, 2.75) is 44.5 Å². The lowest BCUT2D eigenvalue weighted by molar-refractivity contribution is 0.0193. The Hall–Kier alpha value is -1.44. The average molecular weight is 282 g/mol. The van der Waals surface area contributed by atoms with Crippen LogP contribution in [0.3, 0.4) is 0 Å². The van der Waals surface area contributed by atoms with Gasteiger partial charge in [-0.3, -0.25) is 0 Å². The first-order valence-electron chi connectivity index (χ1n) is 6.78. The predicted molar refractivity (Wildman–Crippen MR) is 74.2 cm³/mol. The van der Waals surface area contributed by atoms with Crippen LogP contribution in [0.25, 0.3) is 0 Å². The topological polar surface area (TPSA) is 91.5 Å². The molecule has 1 saturated carbocycles. The van der Waals surface area contributed by atoms with E-state index >= 15 is 0 Å². The van der Waals surface area contributed by atoms with Gasteiger partial charge in [-0.1, -0.05) is 0 Å². The number of hydrogen-bond donors (Lipinski definition) is 2. The SMILES string of the molecule is COCc1nc(NN)cc(OC2CCCC(OC)C2)n1. The first-order valence-corrected chi connectivity index (χ1v) is 6.78. The summed E-state index contributed by atoms with van der Waals surface area (Å²) >= 11 is 0. The minimum Gasteiger partial charge on any atom is -0.474 e. The molecule has 2 rings (SSSR count). The molecule has 0 aromatic carbocycles. The van der Waals surface area contributed by atoms with E-state index in [1.165, 1.54) is 0 Å². The van der Waals surface area contributed by atoms with Crippen LogP contribution in [0.4, 0.5) is 5.82 Å². The highest BCUT2D eigenvalue weighted by atomic mass is 16.5. The summed E-state index contributed by atoms with van der Waals surface area (Å²) in [5, 5.41) is 0. The number of hydrazine groups is 1. The Morgan fingerprint density at radius 1 is 1.30 bits per heavy atom. The van der Waals surface area contributed by atoms with E-state index in [-0.39, 0.29) is 12.2 Å². The van der Waals surface area contributed by atoms with Gasteiger partial charge in [0.2, 0.25) is 5.88 Å². The Kier molecular flexibility index (Phi) is 5.51. The second kappa shape index (κ2) is 7.37. The van der Waals surface area contributed by atoms with E-state index in [4.69, 9.17) is 20.1 Å². The van der Waals surface area contributed by atoms with Crippen LogP contribution in [-0.4, -0.2) is 36.4 Å². The molecule has 112 valence electrons. The Bertz CT molecular complexity index is 430. The summed E-state index contributed by atoms with van der Waals surface area (Å²) in [6.07, 6.45) is 4.46. The molecule has 1 aliphatic carbocycles. The molecule has 0 amide bonds. The molecule has 0 aliphatic heterocycles. The van der Waals surface area contributed by atoms with E-state index in [2.05, 4.69) is 15.4 Å². The largest absolute Gasteiger partial charge is 0.474 e. The lowest BCUT2D eigenvalue weighted by atomic mass is 9.95. The first-order chi connectivity index (χ1) is 9.75. The fraction of sp³-hybridized carbons (Fsp3) is 0.692. The van der Waals surface area contributed by atoms with Crippen molar-refractivity contribution in [1.29, 1.82) is 0 Å². The third-order valence-corrected chi connectivity index (χ3v) is 3.37. The number of anilines is 1. The highest BCUT2D eigenvalue weighted by Crippen LogP contribution is 2.25. The number of hydrogen-bond acceptors (Lipinski definition) is 7. The van der Waals surface area contributed by atoms with Gasteiger partial charge in [0.05, 0.1) is 6.10 Å². The second-order valence-corrected chi connectivity index (χ2v) is 4.85. The molecule has 0 spiro atoms. The normalized spacial score (nSPS) is 22.6. The zero-order chi connectivity index (χ0) is 14.4. The highest BCUT2D eigenvalue weighted by Gasteiger charge is 2.23. The summed E-state index contributed by atoms with van der Waals surface area (Å²) in [4.78, 5) is 8.51. The molecule has 1 aromatic rings. The lowest BCUT2D eigenvalue weighted by Gasteiger charge is -2.28. The molecule has 1 heterocycles. The van der Waals surface area contributed by atoms with Gasteiger partial charge in [0.15, 0.2) is 5.82 Å². The van der Waals surface area contributed by atoms with Crippen LogP contribution in [-0.2, 0) is 16.1 Å². The van der Waals surface area contributed by atoms with Gasteiger partial charge in [-0.2, -0.15) is 4.98 Å². The standard InChI is InChI=1S/C13H22N4O3/c1-18-8-12-15-11(17-14)7-13(16-12)20-10-5-3-4-9(6-10)19-2/h7,9-10H,3-6,8,14H2,1-2H3,(H,15,16,17). The minimum absolute atomic E-state index is 0.115. The maximum atomic E-state index is 5.93. The van der Waals surface area contributed by atoms with Crippen molar-refractivity contribution in [3.05, 3.63) is 11.9 Å². The van der Waals surface area contributed by atoms with Crippen LogP contribution >= 0.6 is 0 Å². The highest BCUT2D eigenvalue weighted by molar-refractivity contribution is 5.37. The average Bonchev–Trinajstić information content (AvgIpc) is 2.47. The number of nitrogen functional groups attached to an aromatic ring is 1. The molecule has 3 N–H and O–H groups in total. The summed E-state index contributed by atoms with van der Waals surface area (Å²) in [5.74, 6) is 6.97. The van der Waals surface area contributed by atoms with Crippen LogP contribution in [0.2, 0.25) is 0 Å². The molecule has 0 radical (unpaired) electrons. The maximum absolute atomic E-state index is 5.93. The smallest absolute Gasteiger partial charge is 0.219 e. The number of nitrogens with two attached hydrogens (primary N) is 1. The molecular formula is C13H22N4O3. The van der Waals surface area contributed by atoms with Crippen molar-refractivity contribution < 1.29 is 14.2 Å². The molecule has 1 aromatic heterocycles. The van der Waals surface area contributed by atoms with Crippen LogP contribution in [0.1, 0.15) is 31.5 Å². The van der Waals surface area contributed by atoms with Gasteiger partial charge in [-0.15, -0.1) is 0 Å². The monoisotopic (exact) mass is 282 g/mol. The van der Waals surface area contributed by atoms with Gasteiger partial charge in [-0.25, -0.2) is 10.8 Å². The number of nitrogens with one attached hydrogen (secondary N) is 1. The molecule has 2 unspecified atom stereocenters. The van der Waals surface area contributed by atoms with Crippen LogP contribution in [0.5, 0.6) is 5.88 Å². The van der Waals surface area contributed by atoms with E-state index in [0.717, 1.165) is 25.7 Å². The molecule has 1 aliphatic rings. The predicted octanol–water partition coefficient (Wildman–Crippen LogP) is 1.24. The van der Waals surface area contributed by atoms with Crippen molar-refractivity contribution in [2.75, 3.05) is 19.6 Å². The summed E-state index contributed by atoms with van der Waals surface area (Å²) < 4.78 is 16.4. The molecule has 20 heavy (non-hydrogen) atoms. The van der Waals surface area contributed by atoms with Gasteiger partial charge in [0, 0.05) is 26.7 Å². The Balaban J connectivity index is 2.05. The Morgan fingerprint density at radius 3 is 2.80 bits per heavy atom. The van der Waals surface area contributed by atoms with E-state index in [1.807, 2.05) is 0 Å². The minimum atomic E-state index is 0.115. The number of aromatic nitrogens is 2. The first kappa shape index (κ1) is 15.0. The number of methoxy groups -OCH3 is 2. The van der Waals surface area contributed by atoms with E-state index in [0.29, 0.717) is 24.1 Å². The van der Waals surface area contributed by atoms with Crippen molar-refractivity contribution in [3.8, 4) is 5.88 Å². The molecule has 0 saturated heterocycles. The fourth-order valence-corrected chi connectivity index (χ4v) is 2.39. The second-order valence-electron chi connectivity index (χ2n) is 4.85.